The van der Waals surface area contributed by atoms with Crippen molar-refractivity contribution < 1.29 is 12.8 Å². The minimum Gasteiger partial charge on any atom is -0.311 e. The van der Waals surface area contributed by atoms with Crippen molar-refractivity contribution in [1.29, 1.82) is 0 Å². The molecule has 35 heavy (non-hydrogen) atoms. The van der Waals surface area contributed by atoms with Crippen LogP contribution >= 0.6 is 0 Å². The van der Waals surface area contributed by atoms with Crippen LogP contribution in [0.15, 0.2) is 96.3 Å². The van der Waals surface area contributed by atoms with E-state index in [1.165, 1.54) is 36.8 Å². The van der Waals surface area contributed by atoms with Gasteiger partial charge in [-0.05, 0) is 40.8 Å². The van der Waals surface area contributed by atoms with Crippen molar-refractivity contribution in [2.75, 3.05) is 11.9 Å². The van der Waals surface area contributed by atoms with E-state index in [-0.39, 0.29) is 10.7 Å². The Bertz CT molecular complexity index is 1660. The normalized spacial score (nSPS) is 11.5. The number of benzene rings is 2. The Balaban J connectivity index is 1.81. The Hall–Kier alpha value is -4.21. The highest BCUT2D eigenvalue weighted by molar-refractivity contribution is 7.89. The molecule has 3 heterocycles. The molecule has 0 fully saturated rings. The Kier molecular flexibility index (Phi) is 5.72. The number of halogens is 1. The third-order valence-corrected chi connectivity index (χ3v) is 6.52. The van der Waals surface area contributed by atoms with Gasteiger partial charge < -0.3 is 4.90 Å². The molecule has 2 aromatic carbocycles. The molecule has 0 saturated heterocycles. The van der Waals surface area contributed by atoms with Crippen LogP contribution in [-0.2, 0) is 10.0 Å². The van der Waals surface area contributed by atoms with Gasteiger partial charge in [0.05, 0.1) is 5.69 Å². The fraction of sp³-hybridized carbons (Fsp3) is 0.0385. The lowest BCUT2D eigenvalue weighted by Crippen LogP contribution is -2.16. The van der Waals surface area contributed by atoms with Crippen molar-refractivity contribution in [3.63, 3.8) is 0 Å². The van der Waals surface area contributed by atoms with Gasteiger partial charge in [0, 0.05) is 36.6 Å². The molecule has 7 nitrogen and oxygen atoms in total. The van der Waals surface area contributed by atoms with Crippen LogP contribution in [0.1, 0.15) is 0 Å². The highest BCUT2D eigenvalue weighted by Crippen LogP contribution is 2.39. The molecular formula is C26H20FN5O2S. The summed E-state index contributed by atoms with van der Waals surface area (Å²) in [6.45, 7) is 0. The maximum absolute atomic E-state index is 14.7. The average Bonchev–Trinajstić information content (AvgIpc) is 2.87. The molecule has 9 heteroatoms. The van der Waals surface area contributed by atoms with E-state index >= 15 is 0 Å². The van der Waals surface area contributed by atoms with Gasteiger partial charge in [0.1, 0.15) is 10.7 Å². The zero-order chi connectivity index (χ0) is 24.6. The molecule has 0 radical (unpaired) electrons. The van der Waals surface area contributed by atoms with Crippen LogP contribution in [0, 0.1) is 5.82 Å². The van der Waals surface area contributed by atoms with E-state index < -0.39 is 15.8 Å². The molecule has 0 aliphatic heterocycles. The second-order valence-electron chi connectivity index (χ2n) is 7.92. The van der Waals surface area contributed by atoms with Crippen molar-refractivity contribution in [2.24, 2.45) is 5.14 Å². The molecule has 2 N–H and O–H groups in total. The van der Waals surface area contributed by atoms with Crippen molar-refractivity contribution in [3.05, 3.63) is 97.2 Å². The fourth-order valence-corrected chi connectivity index (χ4v) is 4.48. The van der Waals surface area contributed by atoms with Gasteiger partial charge in [0.2, 0.25) is 10.0 Å². The van der Waals surface area contributed by atoms with Gasteiger partial charge in [0.15, 0.2) is 11.6 Å². The number of nitrogens with two attached hydrogens (primary N) is 1. The minimum absolute atomic E-state index is 0.109. The first-order valence-electron chi connectivity index (χ1n) is 10.6. The lowest BCUT2D eigenvalue weighted by Gasteiger charge is -2.22. The largest absolute Gasteiger partial charge is 0.311 e. The molecule has 0 aliphatic carbocycles. The van der Waals surface area contributed by atoms with Gasteiger partial charge >= 0.3 is 0 Å². The maximum atomic E-state index is 14.7. The molecule has 0 bridgehead atoms. The van der Waals surface area contributed by atoms with Crippen molar-refractivity contribution >= 4 is 32.4 Å². The summed E-state index contributed by atoms with van der Waals surface area (Å²) >= 11 is 0. The molecule has 0 aliphatic rings. The first-order chi connectivity index (χ1) is 16.8. The van der Waals surface area contributed by atoms with Crippen LogP contribution in [0.2, 0.25) is 0 Å². The highest BCUT2D eigenvalue weighted by Gasteiger charge is 2.20. The van der Waals surface area contributed by atoms with Gasteiger partial charge in [-0.25, -0.2) is 27.9 Å². The number of aromatic nitrogens is 3. The second-order valence-corrected chi connectivity index (χ2v) is 9.48. The summed E-state index contributed by atoms with van der Waals surface area (Å²) in [5.74, 6) is 0.0683. The Labute approximate surface area is 201 Å². The quantitative estimate of drug-likeness (QED) is 0.379. The van der Waals surface area contributed by atoms with Crippen LogP contribution < -0.4 is 10.0 Å². The number of anilines is 2. The molecule has 174 valence electrons. The summed E-state index contributed by atoms with van der Waals surface area (Å²) < 4.78 is 38.5. The second kappa shape index (κ2) is 8.86. The summed E-state index contributed by atoms with van der Waals surface area (Å²) in [6, 6.07) is 21.8. The summed E-state index contributed by atoms with van der Waals surface area (Å²) in [5.41, 5.74) is 2.80. The van der Waals surface area contributed by atoms with Crippen molar-refractivity contribution in [2.45, 2.75) is 4.90 Å². The monoisotopic (exact) mass is 485 g/mol. The number of pyridine rings is 3. The Morgan fingerprint density at radius 3 is 2.43 bits per heavy atom. The first kappa shape index (κ1) is 22.6. The lowest BCUT2D eigenvalue weighted by atomic mass is 9.97. The van der Waals surface area contributed by atoms with Crippen molar-refractivity contribution in [3.8, 4) is 22.4 Å². The highest BCUT2D eigenvalue weighted by atomic mass is 32.2. The number of nitrogens with zero attached hydrogens (tertiary/aromatic N) is 4. The summed E-state index contributed by atoms with van der Waals surface area (Å²) in [7, 11) is -2.26. The van der Waals surface area contributed by atoms with E-state index in [0.29, 0.717) is 17.1 Å². The smallest absolute Gasteiger partial charge is 0.239 e. The van der Waals surface area contributed by atoms with Gasteiger partial charge in [0.25, 0.3) is 0 Å². The minimum atomic E-state index is -3.95. The van der Waals surface area contributed by atoms with Crippen LogP contribution in [0.3, 0.4) is 0 Å². The van der Waals surface area contributed by atoms with Crippen LogP contribution in [0.25, 0.3) is 33.2 Å². The summed E-state index contributed by atoms with van der Waals surface area (Å²) in [4.78, 5) is 14.6. The topological polar surface area (TPSA) is 102 Å². The third-order valence-electron chi connectivity index (χ3n) is 5.64. The lowest BCUT2D eigenvalue weighted by molar-refractivity contribution is 0.597. The zero-order valence-electron chi connectivity index (χ0n) is 18.6. The predicted molar refractivity (Wildman–Crippen MR) is 134 cm³/mol. The number of rotatable bonds is 5. The van der Waals surface area contributed by atoms with E-state index in [9.17, 15) is 12.8 Å². The summed E-state index contributed by atoms with van der Waals surface area (Å²) in [5, 5.41) is 6.93. The van der Waals surface area contributed by atoms with E-state index in [1.54, 1.807) is 11.9 Å². The molecule has 0 saturated carbocycles. The molecule has 5 aromatic rings. The predicted octanol–water partition coefficient (Wildman–Crippen LogP) is 4.91. The Morgan fingerprint density at radius 1 is 0.886 bits per heavy atom. The van der Waals surface area contributed by atoms with Crippen LogP contribution in [-0.4, -0.2) is 30.4 Å². The van der Waals surface area contributed by atoms with Crippen LogP contribution in [0.4, 0.5) is 16.0 Å². The first-order valence-corrected chi connectivity index (χ1v) is 12.2. The molecule has 5 rings (SSSR count). The van der Waals surface area contributed by atoms with E-state index in [4.69, 9.17) is 10.1 Å². The molecule has 0 spiro atoms. The standard InChI is InChI=1S/C26H20FN5O2S/c1-32(25-22(27)11-6-12-30-25)26-24-18(9-5-10-21(24)17-7-3-2-4-8-17)14-23(31-26)19-13-20(16-29-15-19)35(28,33)34/h2-16H,1H3,(H2,28,33,34). The van der Waals surface area contributed by atoms with E-state index in [1.807, 2.05) is 54.6 Å². The number of hydrogen-bond acceptors (Lipinski definition) is 6. The SMILES string of the molecule is CN(c1ncccc1F)c1nc(-c2cncc(S(N)(=O)=O)c2)cc2cccc(-c3ccccc3)c12. The maximum Gasteiger partial charge on any atom is 0.239 e. The van der Waals surface area contributed by atoms with E-state index in [0.717, 1.165) is 21.9 Å². The number of hydrogen-bond donors (Lipinski definition) is 1. The zero-order valence-corrected chi connectivity index (χ0v) is 19.4. The molecule has 3 aromatic heterocycles. The summed E-state index contributed by atoms with van der Waals surface area (Å²) in [6.07, 6.45) is 4.21. The third kappa shape index (κ3) is 4.34. The molecule has 0 amide bonds. The average molecular weight is 486 g/mol. The van der Waals surface area contributed by atoms with Gasteiger partial charge in [-0.15, -0.1) is 0 Å². The van der Waals surface area contributed by atoms with Crippen LogP contribution in [0.5, 0.6) is 0 Å². The number of primary sulfonamides is 1. The fourth-order valence-electron chi connectivity index (χ4n) is 3.98. The van der Waals surface area contributed by atoms with Gasteiger partial charge in [-0.3, -0.25) is 4.98 Å². The number of sulfonamides is 1. The van der Waals surface area contributed by atoms with Gasteiger partial charge in [-0.1, -0.05) is 48.5 Å². The Morgan fingerprint density at radius 2 is 1.69 bits per heavy atom. The molecular weight excluding hydrogens is 465 g/mol. The van der Waals surface area contributed by atoms with Gasteiger partial charge in [-0.2, -0.15) is 0 Å². The molecule has 0 unspecified atom stereocenters. The number of fused-ring (bicyclic) bond motifs is 1. The van der Waals surface area contributed by atoms with Crippen molar-refractivity contribution in [1.82, 2.24) is 15.0 Å². The van der Waals surface area contributed by atoms with E-state index in [2.05, 4.69) is 9.97 Å². The molecule has 0 atom stereocenters.